The fourth-order valence-corrected chi connectivity index (χ4v) is 2.96. The van der Waals surface area contributed by atoms with Gasteiger partial charge in [0.05, 0.1) is 10.6 Å². The first-order chi connectivity index (χ1) is 8.90. The SMILES string of the molecule is CC1CC(C)C(C)N(C(=O)c2cnc(Cl)c(Cl)c2)C1. The Morgan fingerprint density at radius 1 is 1.37 bits per heavy atom. The molecule has 1 aliphatic rings. The highest BCUT2D eigenvalue weighted by molar-refractivity contribution is 6.41. The number of amides is 1. The second-order valence-electron chi connectivity index (χ2n) is 5.51. The monoisotopic (exact) mass is 300 g/mol. The van der Waals surface area contributed by atoms with Crippen LogP contribution in [0.15, 0.2) is 12.3 Å². The van der Waals surface area contributed by atoms with Crippen molar-refractivity contribution >= 4 is 29.1 Å². The van der Waals surface area contributed by atoms with Crippen molar-refractivity contribution in [2.24, 2.45) is 11.8 Å². The second-order valence-corrected chi connectivity index (χ2v) is 6.28. The zero-order valence-corrected chi connectivity index (χ0v) is 12.9. The van der Waals surface area contributed by atoms with Crippen LogP contribution in [0.25, 0.3) is 0 Å². The molecule has 3 atom stereocenters. The first-order valence-electron chi connectivity index (χ1n) is 6.52. The van der Waals surface area contributed by atoms with Gasteiger partial charge in [-0.3, -0.25) is 4.79 Å². The van der Waals surface area contributed by atoms with Crippen LogP contribution in [-0.4, -0.2) is 28.4 Å². The molecule has 1 saturated heterocycles. The molecule has 3 unspecified atom stereocenters. The summed E-state index contributed by atoms with van der Waals surface area (Å²) in [5, 5.41) is 0.546. The molecule has 1 aliphatic heterocycles. The minimum atomic E-state index is -0.0167. The molecule has 2 heterocycles. The molecule has 3 nitrogen and oxygen atoms in total. The lowest BCUT2D eigenvalue weighted by Crippen LogP contribution is -2.48. The van der Waals surface area contributed by atoms with Gasteiger partial charge in [0.25, 0.3) is 5.91 Å². The number of hydrogen-bond donors (Lipinski definition) is 0. The number of carbonyl (C=O) groups is 1. The Morgan fingerprint density at radius 2 is 2.05 bits per heavy atom. The maximum absolute atomic E-state index is 12.5. The van der Waals surface area contributed by atoms with E-state index in [-0.39, 0.29) is 17.1 Å². The maximum Gasteiger partial charge on any atom is 0.255 e. The average Bonchev–Trinajstić information content (AvgIpc) is 2.36. The summed E-state index contributed by atoms with van der Waals surface area (Å²) in [6.07, 6.45) is 2.65. The Morgan fingerprint density at radius 3 is 2.68 bits per heavy atom. The minimum absolute atomic E-state index is 0.0167. The van der Waals surface area contributed by atoms with Gasteiger partial charge in [0, 0.05) is 18.8 Å². The highest BCUT2D eigenvalue weighted by atomic mass is 35.5. The van der Waals surface area contributed by atoms with E-state index in [1.54, 1.807) is 6.07 Å². The first-order valence-corrected chi connectivity index (χ1v) is 7.27. The number of piperidine rings is 1. The molecule has 104 valence electrons. The molecule has 0 saturated carbocycles. The third-order valence-electron chi connectivity index (χ3n) is 3.90. The summed E-state index contributed by atoms with van der Waals surface area (Å²) in [5.41, 5.74) is 0.502. The van der Waals surface area contributed by atoms with E-state index in [0.29, 0.717) is 22.4 Å². The molecular formula is C14H18Cl2N2O. The summed E-state index contributed by atoms with van der Waals surface area (Å²) >= 11 is 11.7. The van der Waals surface area contributed by atoms with E-state index in [2.05, 4.69) is 25.8 Å². The van der Waals surface area contributed by atoms with E-state index in [4.69, 9.17) is 23.2 Å². The molecular weight excluding hydrogens is 283 g/mol. The highest BCUT2D eigenvalue weighted by Gasteiger charge is 2.32. The molecule has 1 aromatic rings. The molecule has 1 amide bonds. The van der Waals surface area contributed by atoms with Gasteiger partial charge >= 0.3 is 0 Å². The van der Waals surface area contributed by atoms with Crippen LogP contribution in [0.2, 0.25) is 10.2 Å². The van der Waals surface area contributed by atoms with Crippen molar-refractivity contribution in [3.05, 3.63) is 28.0 Å². The molecule has 0 aromatic carbocycles. The van der Waals surface area contributed by atoms with Crippen LogP contribution in [0.5, 0.6) is 0 Å². The lowest BCUT2D eigenvalue weighted by Gasteiger charge is -2.41. The third kappa shape index (κ3) is 3.03. The molecule has 0 bridgehead atoms. The topological polar surface area (TPSA) is 33.2 Å². The van der Waals surface area contributed by atoms with E-state index in [9.17, 15) is 4.79 Å². The van der Waals surface area contributed by atoms with Crippen molar-refractivity contribution in [1.82, 2.24) is 9.88 Å². The normalized spacial score (nSPS) is 27.4. The van der Waals surface area contributed by atoms with Gasteiger partial charge in [-0.05, 0) is 31.2 Å². The number of likely N-dealkylation sites (tertiary alicyclic amines) is 1. The Kier molecular flexibility index (Phi) is 4.36. The number of pyridine rings is 1. The molecule has 1 aromatic heterocycles. The molecule has 0 N–H and O–H groups in total. The number of hydrogen-bond acceptors (Lipinski definition) is 2. The lowest BCUT2D eigenvalue weighted by molar-refractivity contribution is 0.0455. The van der Waals surface area contributed by atoms with Crippen LogP contribution in [0.1, 0.15) is 37.6 Å². The van der Waals surface area contributed by atoms with Gasteiger partial charge < -0.3 is 4.90 Å². The van der Waals surface area contributed by atoms with Crippen molar-refractivity contribution < 1.29 is 4.79 Å². The second kappa shape index (κ2) is 5.68. The predicted octanol–water partition coefficient (Wildman–Crippen LogP) is 3.90. The summed E-state index contributed by atoms with van der Waals surface area (Å²) in [4.78, 5) is 18.4. The summed E-state index contributed by atoms with van der Waals surface area (Å²) in [6, 6.07) is 1.83. The van der Waals surface area contributed by atoms with Gasteiger partial charge in [-0.2, -0.15) is 0 Å². The van der Waals surface area contributed by atoms with E-state index in [1.165, 1.54) is 6.20 Å². The number of carbonyl (C=O) groups excluding carboxylic acids is 1. The predicted molar refractivity (Wildman–Crippen MR) is 77.7 cm³/mol. The Labute approximate surface area is 123 Å². The quantitative estimate of drug-likeness (QED) is 0.737. The number of halogens is 2. The van der Waals surface area contributed by atoms with Gasteiger partial charge in [0.2, 0.25) is 0 Å². The summed E-state index contributed by atoms with van der Waals surface area (Å²) in [6.45, 7) is 7.24. The van der Waals surface area contributed by atoms with Crippen molar-refractivity contribution in [3.8, 4) is 0 Å². The molecule has 1 fully saturated rings. The number of nitrogens with zero attached hydrogens (tertiary/aromatic N) is 2. The maximum atomic E-state index is 12.5. The highest BCUT2D eigenvalue weighted by Crippen LogP contribution is 2.29. The molecule has 5 heteroatoms. The van der Waals surface area contributed by atoms with Crippen LogP contribution in [-0.2, 0) is 0 Å². The molecule has 0 aliphatic carbocycles. The number of aromatic nitrogens is 1. The Bertz CT molecular complexity index is 492. The largest absolute Gasteiger partial charge is 0.335 e. The third-order valence-corrected chi connectivity index (χ3v) is 4.59. The van der Waals surface area contributed by atoms with Gasteiger partial charge in [-0.25, -0.2) is 4.98 Å². The van der Waals surface area contributed by atoms with E-state index in [1.807, 2.05) is 4.90 Å². The summed E-state index contributed by atoms with van der Waals surface area (Å²) in [5.74, 6) is 1.01. The fraction of sp³-hybridized carbons (Fsp3) is 0.571. The molecule has 19 heavy (non-hydrogen) atoms. The van der Waals surface area contributed by atoms with E-state index in [0.717, 1.165) is 13.0 Å². The van der Waals surface area contributed by atoms with Crippen molar-refractivity contribution in [1.29, 1.82) is 0 Å². The van der Waals surface area contributed by atoms with Crippen molar-refractivity contribution in [2.45, 2.75) is 33.2 Å². The van der Waals surface area contributed by atoms with Gasteiger partial charge in [-0.1, -0.05) is 37.0 Å². The molecule has 2 rings (SSSR count). The van der Waals surface area contributed by atoms with Gasteiger partial charge in [0.15, 0.2) is 0 Å². The summed E-state index contributed by atoms with van der Waals surface area (Å²) in [7, 11) is 0. The first kappa shape index (κ1) is 14.6. The fourth-order valence-electron chi connectivity index (χ4n) is 2.69. The minimum Gasteiger partial charge on any atom is -0.335 e. The van der Waals surface area contributed by atoms with Crippen LogP contribution in [0.4, 0.5) is 0 Å². The smallest absolute Gasteiger partial charge is 0.255 e. The van der Waals surface area contributed by atoms with Crippen molar-refractivity contribution in [3.63, 3.8) is 0 Å². The van der Waals surface area contributed by atoms with Crippen LogP contribution in [0, 0.1) is 11.8 Å². The van der Waals surface area contributed by atoms with Crippen LogP contribution in [0.3, 0.4) is 0 Å². The zero-order valence-electron chi connectivity index (χ0n) is 11.4. The van der Waals surface area contributed by atoms with E-state index < -0.39 is 0 Å². The zero-order chi connectivity index (χ0) is 14.2. The van der Waals surface area contributed by atoms with Gasteiger partial charge in [-0.15, -0.1) is 0 Å². The number of rotatable bonds is 1. The van der Waals surface area contributed by atoms with Crippen molar-refractivity contribution in [2.75, 3.05) is 6.54 Å². The lowest BCUT2D eigenvalue weighted by atomic mass is 9.85. The molecule has 0 spiro atoms. The Balaban J connectivity index is 2.24. The van der Waals surface area contributed by atoms with Gasteiger partial charge in [0.1, 0.15) is 5.15 Å². The van der Waals surface area contributed by atoms with Crippen LogP contribution < -0.4 is 0 Å². The average molecular weight is 301 g/mol. The van der Waals surface area contributed by atoms with E-state index >= 15 is 0 Å². The molecule has 0 radical (unpaired) electrons. The summed E-state index contributed by atoms with van der Waals surface area (Å²) < 4.78 is 0. The standard InChI is InChI=1S/C14H18Cl2N2O/c1-8-4-9(2)10(3)18(7-8)14(19)11-5-12(15)13(16)17-6-11/h5-6,8-10H,4,7H2,1-3H3. The van der Waals surface area contributed by atoms with Crippen LogP contribution >= 0.6 is 23.2 Å². The Hall–Kier alpha value is -0.800.